The van der Waals surface area contributed by atoms with Crippen LogP contribution in [-0.2, 0) is 4.74 Å². The second kappa shape index (κ2) is 7.50. The third-order valence-corrected chi connectivity index (χ3v) is 5.29. The molecule has 7 nitrogen and oxygen atoms in total. The summed E-state index contributed by atoms with van der Waals surface area (Å²) in [5, 5.41) is 5.10. The zero-order valence-electron chi connectivity index (χ0n) is 14.3. The van der Waals surface area contributed by atoms with E-state index in [2.05, 4.69) is 20.3 Å². The number of hydrogen-bond acceptors (Lipinski definition) is 7. The van der Waals surface area contributed by atoms with Gasteiger partial charge in [-0.05, 0) is 25.1 Å². The van der Waals surface area contributed by atoms with Crippen molar-refractivity contribution in [2.45, 2.75) is 19.1 Å². The zero-order valence-corrected chi connectivity index (χ0v) is 15.8. The molecule has 0 aliphatic carbocycles. The number of rotatable bonds is 5. The van der Waals surface area contributed by atoms with Crippen LogP contribution in [-0.4, -0.2) is 41.0 Å². The highest BCUT2D eigenvalue weighted by Crippen LogP contribution is 2.30. The highest BCUT2D eigenvalue weighted by Gasteiger charge is 2.23. The van der Waals surface area contributed by atoms with Gasteiger partial charge < -0.3 is 14.8 Å². The number of carbonyl (C=O) groups excluding carboxylic acids is 1. The standard InChI is InChI=1S/C18H15ClN4O3S/c1-10-15(26-9-22-10)6-25-14-3-2-11(19)4-13(14)23-18(24)12-7-27-16-5-20-8-21-17(12)16/h2-5,7-10,15H,6H2,1H3,(H,23,24). The molecule has 0 saturated heterocycles. The first-order valence-corrected chi connectivity index (χ1v) is 9.45. The first-order chi connectivity index (χ1) is 13.1. The molecule has 1 amide bonds. The molecule has 0 saturated carbocycles. The topological polar surface area (TPSA) is 85.7 Å². The lowest BCUT2D eigenvalue weighted by atomic mass is 10.2. The van der Waals surface area contributed by atoms with Gasteiger partial charge in [0.05, 0.1) is 27.5 Å². The molecular formula is C18H15ClN4O3S. The minimum Gasteiger partial charge on any atom is -0.487 e. The summed E-state index contributed by atoms with van der Waals surface area (Å²) in [5.41, 5.74) is 1.57. The van der Waals surface area contributed by atoms with Crippen LogP contribution < -0.4 is 10.1 Å². The quantitative estimate of drug-likeness (QED) is 0.701. The van der Waals surface area contributed by atoms with Gasteiger partial charge in [0.25, 0.3) is 5.91 Å². The minimum atomic E-state index is -0.291. The van der Waals surface area contributed by atoms with E-state index in [9.17, 15) is 4.79 Å². The Balaban J connectivity index is 1.54. The molecule has 0 radical (unpaired) electrons. The molecule has 0 fully saturated rings. The molecule has 3 aromatic rings. The molecule has 2 aromatic heterocycles. The van der Waals surface area contributed by atoms with E-state index >= 15 is 0 Å². The Kier molecular flexibility index (Phi) is 4.91. The molecule has 1 N–H and O–H groups in total. The molecule has 0 spiro atoms. The summed E-state index contributed by atoms with van der Waals surface area (Å²) in [6, 6.07) is 5.09. The Bertz CT molecular complexity index is 1020. The van der Waals surface area contributed by atoms with Gasteiger partial charge in [-0.1, -0.05) is 11.6 Å². The summed E-state index contributed by atoms with van der Waals surface area (Å²) in [4.78, 5) is 25.1. The van der Waals surface area contributed by atoms with Crippen molar-refractivity contribution in [2.24, 2.45) is 4.99 Å². The van der Waals surface area contributed by atoms with Crippen molar-refractivity contribution in [3.05, 3.63) is 46.7 Å². The van der Waals surface area contributed by atoms with Gasteiger partial charge in [0.15, 0.2) is 12.5 Å². The highest BCUT2D eigenvalue weighted by atomic mass is 35.5. The number of nitrogens with one attached hydrogen (secondary N) is 1. The van der Waals surface area contributed by atoms with E-state index in [1.807, 2.05) is 6.92 Å². The first-order valence-electron chi connectivity index (χ1n) is 8.20. The fourth-order valence-corrected chi connectivity index (χ4v) is 3.66. The molecule has 3 heterocycles. The predicted molar refractivity (Wildman–Crippen MR) is 105 cm³/mol. The monoisotopic (exact) mass is 402 g/mol. The number of halogens is 1. The SMILES string of the molecule is CC1N=COC1COc1ccc(Cl)cc1NC(=O)c1csc2cncnc12. The minimum absolute atomic E-state index is 0.0206. The molecular weight excluding hydrogens is 388 g/mol. The molecule has 2 atom stereocenters. The van der Waals surface area contributed by atoms with E-state index in [1.165, 1.54) is 24.1 Å². The summed E-state index contributed by atoms with van der Waals surface area (Å²) in [6.45, 7) is 2.26. The van der Waals surface area contributed by atoms with Crippen LogP contribution in [0.1, 0.15) is 17.3 Å². The molecule has 4 rings (SSSR count). The Hall–Kier alpha value is -2.71. The van der Waals surface area contributed by atoms with Crippen LogP contribution in [0.5, 0.6) is 5.75 Å². The first kappa shape index (κ1) is 17.7. The van der Waals surface area contributed by atoms with Crippen molar-refractivity contribution in [2.75, 3.05) is 11.9 Å². The van der Waals surface area contributed by atoms with Crippen LogP contribution in [0.15, 0.2) is 41.1 Å². The van der Waals surface area contributed by atoms with Gasteiger partial charge in [0, 0.05) is 16.6 Å². The highest BCUT2D eigenvalue weighted by molar-refractivity contribution is 7.17. The number of anilines is 1. The van der Waals surface area contributed by atoms with Crippen molar-refractivity contribution in [1.29, 1.82) is 0 Å². The molecule has 27 heavy (non-hydrogen) atoms. The van der Waals surface area contributed by atoms with Crippen LogP contribution in [0.2, 0.25) is 5.02 Å². The van der Waals surface area contributed by atoms with Crippen LogP contribution in [0.3, 0.4) is 0 Å². The second-order valence-corrected chi connectivity index (χ2v) is 7.31. The second-order valence-electron chi connectivity index (χ2n) is 5.96. The largest absolute Gasteiger partial charge is 0.487 e. The number of aromatic nitrogens is 2. The molecule has 9 heteroatoms. The van der Waals surface area contributed by atoms with Gasteiger partial charge in [0.1, 0.15) is 18.7 Å². The fraction of sp³-hybridized carbons (Fsp3) is 0.222. The maximum absolute atomic E-state index is 12.8. The number of ether oxygens (including phenoxy) is 2. The third kappa shape index (κ3) is 3.72. The van der Waals surface area contributed by atoms with E-state index in [4.69, 9.17) is 21.1 Å². The van der Waals surface area contributed by atoms with Crippen LogP contribution in [0.25, 0.3) is 10.2 Å². The van der Waals surface area contributed by atoms with Gasteiger partial charge in [-0.25, -0.2) is 9.97 Å². The van der Waals surface area contributed by atoms with Gasteiger partial charge in [-0.2, -0.15) is 0 Å². The van der Waals surface area contributed by atoms with E-state index in [1.54, 1.807) is 29.8 Å². The Morgan fingerprint density at radius 3 is 3.15 bits per heavy atom. The summed E-state index contributed by atoms with van der Waals surface area (Å²) in [6.07, 6.45) is 4.38. The van der Waals surface area contributed by atoms with E-state index < -0.39 is 0 Å². The summed E-state index contributed by atoms with van der Waals surface area (Å²) < 4.78 is 12.1. The van der Waals surface area contributed by atoms with E-state index in [0.717, 1.165) is 4.70 Å². The molecule has 138 valence electrons. The Labute approximate surface area is 164 Å². The number of fused-ring (bicyclic) bond motifs is 1. The summed E-state index contributed by atoms with van der Waals surface area (Å²) in [7, 11) is 0. The smallest absolute Gasteiger partial charge is 0.258 e. The van der Waals surface area contributed by atoms with Crippen molar-refractivity contribution >= 4 is 51.1 Å². The van der Waals surface area contributed by atoms with Crippen molar-refractivity contribution < 1.29 is 14.3 Å². The zero-order chi connectivity index (χ0) is 18.8. The molecule has 1 aliphatic heterocycles. The Morgan fingerprint density at radius 1 is 1.44 bits per heavy atom. The van der Waals surface area contributed by atoms with Gasteiger partial charge in [-0.15, -0.1) is 11.3 Å². The van der Waals surface area contributed by atoms with Crippen LogP contribution >= 0.6 is 22.9 Å². The van der Waals surface area contributed by atoms with Crippen LogP contribution in [0.4, 0.5) is 5.69 Å². The lowest BCUT2D eigenvalue weighted by molar-refractivity contribution is 0.102. The van der Waals surface area contributed by atoms with Crippen molar-refractivity contribution in [3.8, 4) is 5.75 Å². The third-order valence-electron chi connectivity index (χ3n) is 4.14. The molecule has 1 aliphatic rings. The predicted octanol–water partition coefficient (Wildman–Crippen LogP) is 3.79. The van der Waals surface area contributed by atoms with E-state index in [-0.39, 0.29) is 18.1 Å². The number of aliphatic imine (C=N–C) groups is 1. The van der Waals surface area contributed by atoms with Crippen molar-refractivity contribution in [1.82, 2.24) is 9.97 Å². The van der Waals surface area contributed by atoms with Crippen LogP contribution in [0, 0.1) is 0 Å². The lowest BCUT2D eigenvalue weighted by Gasteiger charge is -2.17. The number of amides is 1. The summed E-state index contributed by atoms with van der Waals surface area (Å²) in [5.74, 6) is 0.213. The average Bonchev–Trinajstić information content (AvgIpc) is 3.27. The maximum atomic E-state index is 12.8. The molecule has 0 bridgehead atoms. The lowest BCUT2D eigenvalue weighted by Crippen LogP contribution is -2.27. The van der Waals surface area contributed by atoms with Gasteiger partial charge in [-0.3, -0.25) is 9.79 Å². The van der Waals surface area contributed by atoms with Gasteiger partial charge in [0.2, 0.25) is 0 Å². The number of benzene rings is 1. The number of thiophene rings is 1. The number of carbonyl (C=O) groups is 1. The molecule has 2 unspecified atom stereocenters. The Morgan fingerprint density at radius 2 is 2.33 bits per heavy atom. The number of hydrogen-bond donors (Lipinski definition) is 1. The normalized spacial score (nSPS) is 18.4. The van der Waals surface area contributed by atoms with Crippen molar-refractivity contribution in [3.63, 3.8) is 0 Å². The fourth-order valence-electron chi connectivity index (χ4n) is 2.63. The molecule has 1 aromatic carbocycles. The van der Waals surface area contributed by atoms with Gasteiger partial charge >= 0.3 is 0 Å². The van der Waals surface area contributed by atoms with E-state index in [0.29, 0.717) is 34.1 Å². The average molecular weight is 403 g/mol. The summed E-state index contributed by atoms with van der Waals surface area (Å²) >= 11 is 7.51. The number of nitrogens with zero attached hydrogens (tertiary/aromatic N) is 3. The maximum Gasteiger partial charge on any atom is 0.258 e.